The standard InChI is InChI=1S/C7H5IO2.2C2H4O2.Na.H/c8-6-4-2-1-3-5(6)7(9)10;2*1-2(3)4;;/h1-4H,(H,9,10);2*1H3,(H,3,4);;. The molecule has 0 aromatic heterocycles. The normalized spacial score (nSPS) is 7.53. The second-order valence-corrected chi connectivity index (χ2v) is 3.99. The van der Waals surface area contributed by atoms with Crippen molar-refractivity contribution in [2.24, 2.45) is 0 Å². The molecule has 0 bridgehead atoms. The quantitative estimate of drug-likeness (QED) is 0.494. The van der Waals surface area contributed by atoms with E-state index in [1.165, 1.54) is 0 Å². The van der Waals surface area contributed by atoms with Gasteiger partial charge in [0.15, 0.2) is 0 Å². The Morgan fingerprint density at radius 2 is 1.26 bits per heavy atom. The van der Waals surface area contributed by atoms with Gasteiger partial charge in [-0.05, 0) is 34.7 Å². The van der Waals surface area contributed by atoms with E-state index in [0.717, 1.165) is 17.4 Å². The summed E-state index contributed by atoms with van der Waals surface area (Å²) in [6, 6.07) is 6.88. The van der Waals surface area contributed by atoms with E-state index in [9.17, 15) is 4.79 Å². The van der Waals surface area contributed by atoms with Gasteiger partial charge in [0.1, 0.15) is 0 Å². The number of halogens is 1. The molecule has 0 heterocycles. The fourth-order valence-corrected chi connectivity index (χ4v) is 1.25. The van der Waals surface area contributed by atoms with E-state index in [0.29, 0.717) is 5.56 Å². The van der Waals surface area contributed by atoms with Crippen LogP contribution in [0.3, 0.4) is 0 Å². The molecule has 1 rings (SSSR count). The Balaban J connectivity index is -0.000000242. The van der Waals surface area contributed by atoms with Crippen LogP contribution in [0, 0.1) is 3.57 Å². The summed E-state index contributed by atoms with van der Waals surface area (Å²) < 4.78 is 0.771. The van der Waals surface area contributed by atoms with Gasteiger partial charge in [-0.25, -0.2) is 4.79 Å². The summed E-state index contributed by atoms with van der Waals surface area (Å²) in [6.07, 6.45) is 0. The van der Waals surface area contributed by atoms with Crippen LogP contribution in [-0.4, -0.2) is 62.8 Å². The predicted octanol–water partition coefficient (Wildman–Crippen LogP) is 1.52. The first kappa shape index (κ1) is 23.5. The molecule has 102 valence electrons. The number of aromatic carboxylic acids is 1. The first-order chi connectivity index (χ1) is 8.18. The van der Waals surface area contributed by atoms with E-state index >= 15 is 0 Å². The van der Waals surface area contributed by atoms with Gasteiger partial charge in [-0.2, -0.15) is 0 Å². The molecule has 8 heteroatoms. The van der Waals surface area contributed by atoms with Crippen molar-refractivity contribution in [1.29, 1.82) is 0 Å². The molecule has 19 heavy (non-hydrogen) atoms. The van der Waals surface area contributed by atoms with Gasteiger partial charge in [-0.1, -0.05) is 12.1 Å². The second-order valence-electron chi connectivity index (χ2n) is 2.82. The summed E-state index contributed by atoms with van der Waals surface area (Å²) in [4.78, 5) is 28.4. The van der Waals surface area contributed by atoms with Gasteiger partial charge in [-0.3, -0.25) is 9.59 Å². The van der Waals surface area contributed by atoms with Crippen LogP contribution in [-0.2, 0) is 9.59 Å². The Morgan fingerprint density at radius 1 is 0.947 bits per heavy atom. The number of hydrogen-bond donors (Lipinski definition) is 3. The van der Waals surface area contributed by atoms with Crippen molar-refractivity contribution in [1.82, 2.24) is 0 Å². The number of carboxylic acid groups (broad SMARTS) is 3. The van der Waals surface area contributed by atoms with Gasteiger partial charge in [0.25, 0.3) is 11.9 Å². The van der Waals surface area contributed by atoms with E-state index in [2.05, 4.69) is 0 Å². The number of benzene rings is 1. The van der Waals surface area contributed by atoms with Crippen molar-refractivity contribution in [2.45, 2.75) is 13.8 Å². The molecule has 0 spiro atoms. The SMILES string of the molecule is CC(=O)O.CC(=O)O.O=C(O)c1ccccc1I.[NaH]. The first-order valence-electron chi connectivity index (χ1n) is 4.55. The molecule has 0 aliphatic heterocycles. The minimum atomic E-state index is -0.870. The van der Waals surface area contributed by atoms with Crippen LogP contribution < -0.4 is 0 Å². The zero-order valence-electron chi connectivity index (χ0n) is 9.75. The van der Waals surface area contributed by atoms with Crippen LogP contribution in [0.15, 0.2) is 24.3 Å². The number of rotatable bonds is 1. The molecule has 0 saturated heterocycles. The summed E-state index contributed by atoms with van der Waals surface area (Å²) in [7, 11) is 0. The zero-order valence-corrected chi connectivity index (χ0v) is 11.9. The number of carbonyl (C=O) groups is 3. The second kappa shape index (κ2) is 13.8. The van der Waals surface area contributed by atoms with E-state index in [1.807, 2.05) is 28.7 Å². The Bertz CT molecular complexity index is 401. The van der Waals surface area contributed by atoms with Gasteiger partial charge in [0.05, 0.1) is 5.56 Å². The topological polar surface area (TPSA) is 112 Å². The Morgan fingerprint density at radius 3 is 1.47 bits per heavy atom. The minimum absolute atomic E-state index is 0. The summed E-state index contributed by atoms with van der Waals surface area (Å²) in [5.74, 6) is -2.54. The molecule has 0 fully saturated rings. The van der Waals surface area contributed by atoms with E-state index in [4.69, 9.17) is 24.9 Å². The molecule has 1 aromatic rings. The van der Waals surface area contributed by atoms with Gasteiger partial charge in [0.2, 0.25) is 0 Å². The van der Waals surface area contributed by atoms with Crippen molar-refractivity contribution >= 4 is 70.1 Å². The number of carboxylic acids is 3. The Labute approximate surface area is 146 Å². The van der Waals surface area contributed by atoms with E-state index < -0.39 is 17.9 Å². The Kier molecular flexibility index (Phi) is 17.0. The summed E-state index contributed by atoms with van der Waals surface area (Å²) in [5, 5.41) is 23.4. The molecule has 6 nitrogen and oxygen atoms in total. The third-order valence-corrected chi connectivity index (χ3v) is 2.04. The van der Waals surface area contributed by atoms with Crippen LogP contribution >= 0.6 is 22.6 Å². The fourth-order valence-electron chi connectivity index (χ4n) is 0.635. The molecule has 0 amide bonds. The molecular weight excluding hydrogens is 378 g/mol. The van der Waals surface area contributed by atoms with Crippen LogP contribution in [0.5, 0.6) is 0 Å². The zero-order chi connectivity index (χ0) is 14.7. The van der Waals surface area contributed by atoms with Gasteiger partial charge in [-0.15, -0.1) is 0 Å². The number of hydrogen-bond acceptors (Lipinski definition) is 3. The maximum absolute atomic E-state index is 10.4. The fraction of sp³-hybridized carbons (Fsp3) is 0.182. The van der Waals surface area contributed by atoms with E-state index in [1.54, 1.807) is 18.2 Å². The third kappa shape index (κ3) is 19.9. The van der Waals surface area contributed by atoms with Gasteiger partial charge < -0.3 is 15.3 Å². The first-order valence-corrected chi connectivity index (χ1v) is 5.63. The maximum atomic E-state index is 10.4. The van der Waals surface area contributed by atoms with E-state index in [-0.39, 0.29) is 29.6 Å². The molecule has 0 saturated carbocycles. The average molecular weight is 392 g/mol. The van der Waals surface area contributed by atoms with Crippen LogP contribution in [0.25, 0.3) is 0 Å². The molecule has 1 aromatic carbocycles. The Hall–Kier alpha value is -0.640. The summed E-state index contributed by atoms with van der Waals surface area (Å²) in [5.41, 5.74) is 0.364. The van der Waals surface area contributed by atoms with Gasteiger partial charge in [0, 0.05) is 17.4 Å². The van der Waals surface area contributed by atoms with Crippen LogP contribution in [0.2, 0.25) is 0 Å². The molecule has 3 N–H and O–H groups in total. The van der Waals surface area contributed by atoms with Crippen LogP contribution in [0.1, 0.15) is 24.2 Å². The molecule has 0 aliphatic rings. The molecule has 0 radical (unpaired) electrons. The molecule has 0 atom stereocenters. The van der Waals surface area contributed by atoms with Crippen molar-refractivity contribution in [3.63, 3.8) is 0 Å². The summed E-state index contributed by atoms with van der Waals surface area (Å²) in [6.45, 7) is 2.17. The number of aliphatic carboxylic acids is 2. The monoisotopic (exact) mass is 392 g/mol. The van der Waals surface area contributed by atoms with Crippen molar-refractivity contribution in [3.05, 3.63) is 33.4 Å². The van der Waals surface area contributed by atoms with Crippen molar-refractivity contribution < 1.29 is 29.7 Å². The van der Waals surface area contributed by atoms with Crippen molar-refractivity contribution in [3.8, 4) is 0 Å². The van der Waals surface area contributed by atoms with Crippen LogP contribution in [0.4, 0.5) is 0 Å². The summed E-state index contributed by atoms with van der Waals surface area (Å²) >= 11 is 1.99. The molecule has 0 unspecified atom stereocenters. The predicted molar refractivity (Wildman–Crippen MR) is 79.9 cm³/mol. The van der Waals surface area contributed by atoms with Gasteiger partial charge >= 0.3 is 35.5 Å². The molecular formula is C11H14INaO6. The molecule has 0 aliphatic carbocycles. The van der Waals surface area contributed by atoms with Crippen molar-refractivity contribution in [2.75, 3.05) is 0 Å². The third-order valence-electron chi connectivity index (χ3n) is 1.10. The average Bonchev–Trinajstić information content (AvgIpc) is 2.15.